The lowest BCUT2D eigenvalue weighted by Crippen LogP contribution is -2.48. The number of ketones is 1. The fourth-order valence-corrected chi connectivity index (χ4v) is 3.44. The molecule has 26 heavy (non-hydrogen) atoms. The van der Waals surface area contributed by atoms with E-state index in [0.29, 0.717) is 12.3 Å². The number of anilines is 1. The van der Waals surface area contributed by atoms with Crippen molar-refractivity contribution in [2.45, 2.75) is 59.3 Å². The van der Waals surface area contributed by atoms with Gasteiger partial charge in [0.2, 0.25) is 5.91 Å². The van der Waals surface area contributed by atoms with E-state index in [0.717, 1.165) is 50.3 Å². The molecule has 0 N–H and O–H groups in total. The minimum absolute atomic E-state index is 0.0112. The Morgan fingerprint density at radius 1 is 1.00 bits per heavy atom. The first kappa shape index (κ1) is 20.5. The van der Waals surface area contributed by atoms with Gasteiger partial charge in [-0.25, -0.2) is 0 Å². The van der Waals surface area contributed by atoms with Gasteiger partial charge < -0.3 is 9.80 Å². The van der Waals surface area contributed by atoms with Gasteiger partial charge in [0.05, 0.1) is 0 Å². The summed E-state index contributed by atoms with van der Waals surface area (Å²) in [5, 5.41) is 0. The van der Waals surface area contributed by atoms with Crippen LogP contribution in [-0.2, 0) is 4.79 Å². The largest absolute Gasteiger partial charge is 0.368 e. The van der Waals surface area contributed by atoms with Crippen molar-refractivity contribution in [3.05, 3.63) is 29.8 Å². The van der Waals surface area contributed by atoms with E-state index < -0.39 is 0 Å². The number of unbranched alkanes of at least 4 members (excludes halogenated alkanes) is 4. The van der Waals surface area contributed by atoms with Crippen molar-refractivity contribution in [2.24, 2.45) is 5.92 Å². The van der Waals surface area contributed by atoms with Crippen molar-refractivity contribution in [1.82, 2.24) is 4.90 Å². The van der Waals surface area contributed by atoms with Crippen molar-refractivity contribution in [2.75, 3.05) is 31.1 Å². The van der Waals surface area contributed by atoms with Gasteiger partial charge in [-0.3, -0.25) is 9.59 Å². The summed E-state index contributed by atoms with van der Waals surface area (Å²) in [6, 6.07) is 7.90. The van der Waals surface area contributed by atoms with E-state index in [4.69, 9.17) is 0 Å². The van der Waals surface area contributed by atoms with Crippen LogP contribution in [0.25, 0.3) is 0 Å². The summed E-state index contributed by atoms with van der Waals surface area (Å²) >= 11 is 0. The van der Waals surface area contributed by atoms with Gasteiger partial charge in [-0.2, -0.15) is 0 Å². The fraction of sp³-hybridized carbons (Fsp3) is 0.636. The summed E-state index contributed by atoms with van der Waals surface area (Å²) in [7, 11) is 0. The van der Waals surface area contributed by atoms with Crippen molar-refractivity contribution in [3.8, 4) is 0 Å². The predicted molar refractivity (Wildman–Crippen MR) is 108 cm³/mol. The maximum Gasteiger partial charge on any atom is 0.222 e. The zero-order valence-corrected chi connectivity index (χ0v) is 16.7. The highest BCUT2D eigenvalue weighted by Gasteiger charge is 2.21. The average molecular weight is 359 g/mol. The number of hydrogen-bond acceptors (Lipinski definition) is 3. The summed E-state index contributed by atoms with van der Waals surface area (Å²) < 4.78 is 0. The van der Waals surface area contributed by atoms with Crippen LogP contribution in [0.2, 0.25) is 0 Å². The summed E-state index contributed by atoms with van der Waals surface area (Å²) in [6.07, 6.45) is 6.60. The Kier molecular flexibility index (Phi) is 8.14. The summed E-state index contributed by atoms with van der Waals surface area (Å²) in [5.41, 5.74) is 1.87. The molecular weight excluding hydrogens is 324 g/mol. The molecule has 1 heterocycles. The number of carbonyl (C=O) groups excluding carboxylic acids is 2. The maximum absolute atomic E-state index is 12.4. The highest BCUT2D eigenvalue weighted by molar-refractivity contribution is 5.98. The fourth-order valence-electron chi connectivity index (χ4n) is 3.44. The first-order chi connectivity index (χ1) is 12.5. The smallest absolute Gasteiger partial charge is 0.222 e. The number of benzene rings is 1. The van der Waals surface area contributed by atoms with E-state index >= 15 is 0 Å². The van der Waals surface area contributed by atoms with Crippen molar-refractivity contribution in [3.63, 3.8) is 0 Å². The molecule has 0 radical (unpaired) electrons. The van der Waals surface area contributed by atoms with E-state index in [1.807, 2.05) is 36.9 Å². The number of Topliss-reactive ketones (excluding diaryl/α,β-unsaturated/α-hetero) is 1. The molecule has 0 aromatic heterocycles. The Balaban J connectivity index is 1.82. The van der Waals surface area contributed by atoms with Gasteiger partial charge in [0.1, 0.15) is 0 Å². The molecule has 0 aliphatic carbocycles. The first-order valence-electron chi connectivity index (χ1n) is 10.2. The number of hydrogen-bond donors (Lipinski definition) is 0. The quantitative estimate of drug-likeness (QED) is 0.481. The van der Waals surface area contributed by atoms with Crippen LogP contribution in [0, 0.1) is 5.92 Å². The Hall–Kier alpha value is -1.84. The third-order valence-electron chi connectivity index (χ3n) is 5.15. The van der Waals surface area contributed by atoms with E-state index in [2.05, 4.69) is 17.9 Å². The second-order valence-corrected chi connectivity index (χ2v) is 7.60. The van der Waals surface area contributed by atoms with Crippen LogP contribution in [-0.4, -0.2) is 42.8 Å². The Morgan fingerprint density at radius 2 is 1.69 bits per heavy atom. The van der Waals surface area contributed by atoms with Gasteiger partial charge in [-0.15, -0.1) is 0 Å². The minimum Gasteiger partial charge on any atom is -0.368 e. The van der Waals surface area contributed by atoms with Crippen molar-refractivity contribution in [1.29, 1.82) is 0 Å². The molecule has 4 heteroatoms. The molecule has 0 unspecified atom stereocenters. The molecule has 1 aromatic carbocycles. The minimum atomic E-state index is 0.0112. The van der Waals surface area contributed by atoms with E-state index in [1.54, 1.807) is 0 Å². The molecule has 1 aliphatic heterocycles. The zero-order chi connectivity index (χ0) is 18.9. The lowest BCUT2D eigenvalue weighted by Gasteiger charge is -2.36. The molecule has 1 amide bonds. The normalized spacial score (nSPS) is 14.8. The van der Waals surface area contributed by atoms with Crippen LogP contribution in [0.5, 0.6) is 0 Å². The van der Waals surface area contributed by atoms with Gasteiger partial charge in [0.15, 0.2) is 5.78 Å². The highest BCUT2D eigenvalue weighted by atomic mass is 16.2. The van der Waals surface area contributed by atoms with Crippen LogP contribution in [0.3, 0.4) is 0 Å². The molecule has 0 atom stereocenters. The molecule has 1 aromatic rings. The molecule has 0 spiro atoms. The number of rotatable bonds is 9. The van der Waals surface area contributed by atoms with Crippen LogP contribution >= 0.6 is 0 Å². The van der Waals surface area contributed by atoms with Gasteiger partial charge >= 0.3 is 0 Å². The molecule has 1 fully saturated rings. The van der Waals surface area contributed by atoms with E-state index in [9.17, 15) is 9.59 Å². The molecule has 2 rings (SSSR count). The molecule has 1 saturated heterocycles. The Labute approximate surface area is 158 Å². The molecular formula is C22H34N2O2. The SMILES string of the molecule is CCCCCCCC(=O)N1CCN(c2cccc(C(=O)C(C)C)c2)CC1. The van der Waals surface area contributed by atoms with Gasteiger partial charge in [-0.1, -0.05) is 58.6 Å². The number of nitrogens with zero attached hydrogens (tertiary/aromatic N) is 2. The molecule has 144 valence electrons. The van der Waals surface area contributed by atoms with Crippen molar-refractivity contribution < 1.29 is 9.59 Å². The summed E-state index contributed by atoms with van der Waals surface area (Å²) in [6.45, 7) is 9.29. The van der Waals surface area contributed by atoms with E-state index in [1.165, 1.54) is 19.3 Å². The second kappa shape index (κ2) is 10.3. The third kappa shape index (κ3) is 5.86. The second-order valence-electron chi connectivity index (χ2n) is 7.60. The lowest BCUT2D eigenvalue weighted by atomic mass is 10.0. The standard InChI is InChI=1S/C22H34N2O2/c1-4-5-6-7-8-12-21(25)24-15-13-23(14-16-24)20-11-9-10-19(17-20)22(26)18(2)3/h9-11,17-18H,4-8,12-16H2,1-3H3. The number of amides is 1. The van der Waals surface area contributed by atoms with Crippen LogP contribution < -0.4 is 4.90 Å². The van der Waals surface area contributed by atoms with Crippen LogP contribution in [0.15, 0.2) is 24.3 Å². The number of piperazine rings is 1. The van der Waals surface area contributed by atoms with Gasteiger partial charge in [-0.05, 0) is 18.6 Å². The zero-order valence-electron chi connectivity index (χ0n) is 16.7. The lowest BCUT2D eigenvalue weighted by molar-refractivity contribution is -0.131. The Bertz CT molecular complexity index is 590. The monoisotopic (exact) mass is 358 g/mol. The molecule has 0 saturated carbocycles. The maximum atomic E-state index is 12.4. The number of carbonyl (C=O) groups is 2. The topological polar surface area (TPSA) is 40.6 Å². The summed E-state index contributed by atoms with van der Waals surface area (Å²) in [5.74, 6) is 0.491. The van der Waals surface area contributed by atoms with E-state index in [-0.39, 0.29) is 11.7 Å². The highest BCUT2D eigenvalue weighted by Crippen LogP contribution is 2.20. The van der Waals surface area contributed by atoms with Crippen LogP contribution in [0.1, 0.15) is 69.7 Å². The predicted octanol–water partition coefficient (Wildman–Crippen LogP) is 4.53. The third-order valence-corrected chi connectivity index (χ3v) is 5.15. The van der Waals surface area contributed by atoms with Gasteiger partial charge in [0.25, 0.3) is 0 Å². The summed E-state index contributed by atoms with van der Waals surface area (Å²) in [4.78, 5) is 28.9. The molecule has 1 aliphatic rings. The first-order valence-corrected chi connectivity index (χ1v) is 10.2. The average Bonchev–Trinajstić information content (AvgIpc) is 2.67. The van der Waals surface area contributed by atoms with Crippen LogP contribution in [0.4, 0.5) is 5.69 Å². The molecule has 4 nitrogen and oxygen atoms in total. The molecule has 0 bridgehead atoms. The van der Waals surface area contributed by atoms with Crippen molar-refractivity contribution >= 4 is 17.4 Å². The van der Waals surface area contributed by atoms with Gasteiger partial charge in [0, 0.05) is 49.8 Å². The Morgan fingerprint density at radius 3 is 2.35 bits per heavy atom.